The predicted octanol–water partition coefficient (Wildman–Crippen LogP) is 2.66. The highest BCUT2D eigenvalue weighted by molar-refractivity contribution is 5.76. The molecule has 2 aliphatic heterocycles. The molecule has 2 heterocycles. The highest BCUT2D eigenvalue weighted by Gasteiger charge is 2.35. The van der Waals surface area contributed by atoms with E-state index < -0.39 is 5.97 Å². The molecule has 120 valence electrons. The van der Waals surface area contributed by atoms with E-state index in [4.69, 9.17) is 5.11 Å². The molecule has 0 bridgehead atoms. The van der Waals surface area contributed by atoms with Crippen molar-refractivity contribution < 1.29 is 14.7 Å². The summed E-state index contributed by atoms with van der Waals surface area (Å²) < 4.78 is 0. The number of carboxylic acids is 1. The van der Waals surface area contributed by atoms with Gasteiger partial charge in [-0.05, 0) is 44.4 Å². The van der Waals surface area contributed by atoms with E-state index in [-0.39, 0.29) is 18.0 Å². The summed E-state index contributed by atoms with van der Waals surface area (Å²) in [6.07, 6.45) is 3.32. The monoisotopic (exact) mass is 296 g/mol. The average Bonchev–Trinajstić information content (AvgIpc) is 2.46. The predicted molar refractivity (Wildman–Crippen MR) is 81.1 cm³/mol. The summed E-state index contributed by atoms with van der Waals surface area (Å²) in [6.45, 7) is 8.72. The number of urea groups is 1. The fraction of sp³-hybridized carbons (Fsp3) is 0.875. The molecule has 5 heteroatoms. The molecule has 0 saturated carbocycles. The van der Waals surface area contributed by atoms with Crippen molar-refractivity contribution in [2.75, 3.05) is 19.6 Å². The van der Waals surface area contributed by atoms with Crippen LogP contribution in [0.3, 0.4) is 0 Å². The maximum Gasteiger partial charge on any atom is 0.320 e. The van der Waals surface area contributed by atoms with Gasteiger partial charge in [0.15, 0.2) is 0 Å². The van der Waals surface area contributed by atoms with Crippen LogP contribution in [0.4, 0.5) is 4.79 Å². The Balaban J connectivity index is 1.88. The summed E-state index contributed by atoms with van der Waals surface area (Å²) in [5.74, 6) is 0.388. The van der Waals surface area contributed by atoms with Gasteiger partial charge in [0, 0.05) is 25.7 Å². The van der Waals surface area contributed by atoms with Gasteiger partial charge in [-0.2, -0.15) is 0 Å². The maximum absolute atomic E-state index is 12.6. The first-order valence-corrected chi connectivity index (χ1v) is 8.18. The summed E-state index contributed by atoms with van der Waals surface area (Å²) in [7, 11) is 0. The number of carbonyl (C=O) groups is 2. The van der Waals surface area contributed by atoms with Crippen LogP contribution in [0.2, 0.25) is 0 Å². The molecular weight excluding hydrogens is 268 g/mol. The summed E-state index contributed by atoms with van der Waals surface area (Å²) in [4.78, 5) is 27.5. The zero-order valence-electron chi connectivity index (χ0n) is 13.4. The molecule has 2 unspecified atom stereocenters. The second-order valence-electron chi connectivity index (χ2n) is 6.95. The molecule has 2 fully saturated rings. The second-order valence-corrected chi connectivity index (χ2v) is 6.95. The Morgan fingerprint density at radius 3 is 2.19 bits per heavy atom. The second kappa shape index (κ2) is 6.67. The number of rotatable bonds is 2. The Morgan fingerprint density at radius 1 is 1.10 bits per heavy atom. The van der Waals surface area contributed by atoms with E-state index in [1.54, 1.807) is 0 Å². The van der Waals surface area contributed by atoms with E-state index in [0.717, 1.165) is 31.8 Å². The lowest BCUT2D eigenvalue weighted by atomic mass is 9.86. The standard InChI is InChI=1S/C16H28N2O3/c1-11(2)13-4-7-17(8-5-13)16(21)18-9-6-14(15(19)20)10-12(18)3/h11-14H,4-10H2,1-3H3,(H,19,20). The topological polar surface area (TPSA) is 60.9 Å². The molecular formula is C16H28N2O3. The van der Waals surface area contributed by atoms with E-state index >= 15 is 0 Å². The summed E-state index contributed by atoms with van der Waals surface area (Å²) in [6, 6.07) is 0.128. The van der Waals surface area contributed by atoms with Crippen LogP contribution < -0.4 is 0 Å². The summed E-state index contributed by atoms with van der Waals surface area (Å²) >= 11 is 0. The molecule has 0 aromatic heterocycles. The Labute approximate surface area is 127 Å². The Kier molecular flexibility index (Phi) is 5.12. The number of nitrogens with zero attached hydrogens (tertiary/aromatic N) is 2. The van der Waals surface area contributed by atoms with Crippen molar-refractivity contribution in [1.29, 1.82) is 0 Å². The van der Waals surface area contributed by atoms with Gasteiger partial charge in [0.05, 0.1) is 5.92 Å². The number of hydrogen-bond acceptors (Lipinski definition) is 2. The molecule has 0 spiro atoms. The van der Waals surface area contributed by atoms with Gasteiger partial charge in [-0.25, -0.2) is 4.79 Å². The van der Waals surface area contributed by atoms with Crippen molar-refractivity contribution >= 4 is 12.0 Å². The van der Waals surface area contributed by atoms with Crippen LogP contribution in [0.5, 0.6) is 0 Å². The molecule has 2 saturated heterocycles. The fourth-order valence-corrected chi connectivity index (χ4v) is 3.62. The number of likely N-dealkylation sites (tertiary alicyclic amines) is 2. The molecule has 0 radical (unpaired) electrons. The third-order valence-electron chi connectivity index (χ3n) is 5.22. The minimum atomic E-state index is -0.730. The van der Waals surface area contributed by atoms with Crippen LogP contribution in [0.15, 0.2) is 0 Å². The van der Waals surface area contributed by atoms with Gasteiger partial charge >= 0.3 is 12.0 Å². The quantitative estimate of drug-likeness (QED) is 0.852. The van der Waals surface area contributed by atoms with E-state index in [1.165, 1.54) is 0 Å². The van der Waals surface area contributed by atoms with E-state index in [0.29, 0.717) is 25.3 Å². The third kappa shape index (κ3) is 3.69. The molecule has 21 heavy (non-hydrogen) atoms. The molecule has 0 aliphatic carbocycles. The van der Waals surface area contributed by atoms with E-state index in [1.807, 2.05) is 16.7 Å². The lowest BCUT2D eigenvalue weighted by Crippen LogP contribution is -2.53. The Bertz CT molecular complexity index is 389. The largest absolute Gasteiger partial charge is 0.481 e. The summed E-state index contributed by atoms with van der Waals surface area (Å²) in [5, 5.41) is 9.10. The van der Waals surface area contributed by atoms with E-state index in [9.17, 15) is 9.59 Å². The SMILES string of the molecule is CC(C)C1CCN(C(=O)N2CCC(C(=O)O)CC2C)CC1. The van der Waals surface area contributed by atoms with Gasteiger partial charge in [0.1, 0.15) is 0 Å². The average molecular weight is 296 g/mol. The van der Waals surface area contributed by atoms with Crippen molar-refractivity contribution in [3.8, 4) is 0 Å². The van der Waals surface area contributed by atoms with Crippen molar-refractivity contribution in [1.82, 2.24) is 9.80 Å². The molecule has 2 atom stereocenters. The molecule has 2 aliphatic rings. The first-order chi connectivity index (χ1) is 9.90. The Morgan fingerprint density at radius 2 is 1.71 bits per heavy atom. The number of hydrogen-bond donors (Lipinski definition) is 1. The van der Waals surface area contributed by atoms with E-state index in [2.05, 4.69) is 13.8 Å². The van der Waals surface area contributed by atoms with Gasteiger partial charge in [0.25, 0.3) is 0 Å². The molecule has 0 aromatic carbocycles. The Hall–Kier alpha value is -1.26. The fourth-order valence-electron chi connectivity index (χ4n) is 3.62. The first-order valence-electron chi connectivity index (χ1n) is 8.18. The van der Waals surface area contributed by atoms with Crippen LogP contribution in [0.25, 0.3) is 0 Å². The molecule has 0 aromatic rings. The first kappa shape index (κ1) is 16.1. The lowest BCUT2D eigenvalue weighted by molar-refractivity contribution is -0.143. The van der Waals surface area contributed by atoms with Gasteiger partial charge in [-0.15, -0.1) is 0 Å². The minimum Gasteiger partial charge on any atom is -0.481 e. The number of carbonyl (C=O) groups excluding carboxylic acids is 1. The molecule has 2 amide bonds. The van der Waals surface area contributed by atoms with Gasteiger partial charge < -0.3 is 14.9 Å². The van der Waals surface area contributed by atoms with Crippen molar-refractivity contribution in [2.24, 2.45) is 17.8 Å². The van der Waals surface area contributed by atoms with Crippen LogP contribution >= 0.6 is 0 Å². The summed E-state index contributed by atoms with van der Waals surface area (Å²) in [5.41, 5.74) is 0. The minimum absolute atomic E-state index is 0.0233. The van der Waals surface area contributed by atoms with Crippen molar-refractivity contribution in [3.05, 3.63) is 0 Å². The molecule has 2 rings (SSSR count). The van der Waals surface area contributed by atoms with Crippen molar-refractivity contribution in [3.63, 3.8) is 0 Å². The van der Waals surface area contributed by atoms with Crippen LogP contribution in [-0.2, 0) is 4.79 Å². The normalized spacial score (nSPS) is 28.0. The number of amides is 2. The number of piperidine rings is 2. The van der Waals surface area contributed by atoms with Gasteiger partial charge in [0.2, 0.25) is 0 Å². The highest BCUT2D eigenvalue weighted by Crippen LogP contribution is 2.28. The zero-order chi connectivity index (χ0) is 15.6. The van der Waals surface area contributed by atoms with Gasteiger partial charge in [-0.3, -0.25) is 4.79 Å². The van der Waals surface area contributed by atoms with Crippen LogP contribution in [0, 0.1) is 17.8 Å². The molecule has 1 N–H and O–H groups in total. The maximum atomic E-state index is 12.6. The highest BCUT2D eigenvalue weighted by atomic mass is 16.4. The smallest absolute Gasteiger partial charge is 0.320 e. The lowest BCUT2D eigenvalue weighted by Gasteiger charge is -2.41. The van der Waals surface area contributed by atoms with Crippen LogP contribution in [-0.4, -0.2) is 52.6 Å². The van der Waals surface area contributed by atoms with Gasteiger partial charge in [-0.1, -0.05) is 13.8 Å². The van der Waals surface area contributed by atoms with Crippen LogP contribution in [0.1, 0.15) is 46.5 Å². The number of aliphatic carboxylic acids is 1. The zero-order valence-corrected chi connectivity index (χ0v) is 13.4. The molecule has 5 nitrogen and oxygen atoms in total. The third-order valence-corrected chi connectivity index (χ3v) is 5.22. The van der Waals surface area contributed by atoms with Crippen molar-refractivity contribution in [2.45, 2.75) is 52.5 Å². The number of carboxylic acid groups (broad SMARTS) is 1.